The average molecular weight is 236 g/mol. The summed E-state index contributed by atoms with van der Waals surface area (Å²) in [5.41, 5.74) is 0.903. The molecule has 1 aromatic carbocycles. The highest BCUT2D eigenvalue weighted by Gasteiger charge is 2.11. The number of nitrogens with zero attached hydrogens (tertiary/aromatic N) is 2. The van der Waals surface area contributed by atoms with Crippen molar-refractivity contribution in [3.05, 3.63) is 24.3 Å². The minimum absolute atomic E-state index is 0.0528. The highest BCUT2D eigenvalue weighted by molar-refractivity contribution is 5.91. The van der Waals surface area contributed by atoms with Gasteiger partial charge in [-0.15, -0.1) is 0 Å². The van der Waals surface area contributed by atoms with Crippen LogP contribution in [0.4, 0.5) is 5.69 Å². The van der Waals surface area contributed by atoms with Crippen LogP contribution in [0.25, 0.3) is 0 Å². The average Bonchev–Trinajstić information content (AvgIpc) is 2.29. The predicted octanol–water partition coefficient (Wildman–Crippen LogP) is 1.61. The van der Waals surface area contributed by atoms with Crippen molar-refractivity contribution in [1.82, 2.24) is 4.90 Å². The van der Waals surface area contributed by atoms with Crippen LogP contribution >= 0.6 is 0 Å². The summed E-state index contributed by atoms with van der Waals surface area (Å²) in [6, 6.07) is 7.52. The Morgan fingerprint density at radius 1 is 1.18 bits per heavy atom. The molecule has 0 aliphatic carbocycles. The maximum absolute atomic E-state index is 11.6. The number of ether oxygens (including phenoxy) is 1. The van der Waals surface area contributed by atoms with E-state index < -0.39 is 0 Å². The summed E-state index contributed by atoms with van der Waals surface area (Å²) in [5, 5.41) is 0. The lowest BCUT2D eigenvalue weighted by Crippen LogP contribution is -2.35. The van der Waals surface area contributed by atoms with E-state index in [0.29, 0.717) is 6.54 Å². The molecule has 1 amide bonds. The number of hydrogen-bond donors (Lipinski definition) is 0. The minimum atomic E-state index is 0.0528. The molecular weight excluding hydrogens is 216 g/mol. The Balaban J connectivity index is 2.78. The normalized spacial score (nSPS) is 10.4. The third kappa shape index (κ3) is 4.07. The molecule has 0 aliphatic heterocycles. The zero-order chi connectivity index (χ0) is 12.8. The van der Waals surface area contributed by atoms with Crippen LogP contribution in [0.15, 0.2) is 24.3 Å². The smallest absolute Gasteiger partial charge is 0.223 e. The van der Waals surface area contributed by atoms with Crippen molar-refractivity contribution in [2.24, 2.45) is 0 Å². The van der Waals surface area contributed by atoms with Crippen LogP contribution in [0.2, 0.25) is 0 Å². The number of benzene rings is 1. The first-order valence-corrected chi connectivity index (χ1v) is 5.61. The molecule has 0 heterocycles. The van der Waals surface area contributed by atoms with E-state index in [1.165, 1.54) is 0 Å². The van der Waals surface area contributed by atoms with E-state index in [0.717, 1.165) is 18.0 Å². The summed E-state index contributed by atoms with van der Waals surface area (Å²) < 4.78 is 5.10. The summed E-state index contributed by atoms with van der Waals surface area (Å²) >= 11 is 0. The third-order valence-electron chi connectivity index (χ3n) is 2.54. The van der Waals surface area contributed by atoms with Crippen LogP contribution in [0, 0.1) is 0 Å². The van der Waals surface area contributed by atoms with Crippen molar-refractivity contribution in [2.75, 3.05) is 39.2 Å². The summed E-state index contributed by atoms with van der Waals surface area (Å²) in [6.07, 6.45) is 0. The van der Waals surface area contributed by atoms with Gasteiger partial charge in [-0.2, -0.15) is 0 Å². The second kappa shape index (κ2) is 6.25. The van der Waals surface area contributed by atoms with Gasteiger partial charge >= 0.3 is 0 Å². The van der Waals surface area contributed by atoms with Crippen LogP contribution in [0.5, 0.6) is 5.75 Å². The Labute approximate surface area is 103 Å². The topological polar surface area (TPSA) is 32.8 Å². The molecule has 0 N–H and O–H groups in total. The van der Waals surface area contributed by atoms with Gasteiger partial charge in [-0.1, -0.05) is 0 Å². The molecule has 0 saturated heterocycles. The van der Waals surface area contributed by atoms with Gasteiger partial charge in [0.1, 0.15) is 5.75 Å². The largest absolute Gasteiger partial charge is 0.497 e. The standard InChI is InChI=1S/C13H20N2O2/c1-11(16)15(10-9-14(2)3)12-5-7-13(17-4)8-6-12/h5-8H,9-10H2,1-4H3. The number of amides is 1. The van der Waals surface area contributed by atoms with Gasteiger partial charge in [0, 0.05) is 25.7 Å². The maximum Gasteiger partial charge on any atom is 0.223 e. The molecule has 0 unspecified atom stereocenters. The number of hydrogen-bond acceptors (Lipinski definition) is 3. The van der Waals surface area contributed by atoms with Gasteiger partial charge in [-0.05, 0) is 38.4 Å². The van der Waals surface area contributed by atoms with E-state index in [9.17, 15) is 4.79 Å². The summed E-state index contributed by atoms with van der Waals surface area (Å²) in [4.78, 5) is 15.4. The van der Waals surface area contributed by atoms with E-state index in [-0.39, 0.29) is 5.91 Å². The Hall–Kier alpha value is -1.55. The van der Waals surface area contributed by atoms with Crippen LogP contribution in [-0.2, 0) is 4.79 Å². The first-order chi connectivity index (χ1) is 8.04. The van der Waals surface area contributed by atoms with Gasteiger partial charge in [0.2, 0.25) is 5.91 Å². The van der Waals surface area contributed by atoms with Gasteiger partial charge in [0.25, 0.3) is 0 Å². The highest BCUT2D eigenvalue weighted by Crippen LogP contribution is 2.19. The fourth-order valence-electron chi connectivity index (χ4n) is 1.53. The molecule has 94 valence electrons. The van der Waals surface area contributed by atoms with Gasteiger partial charge in [-0.3, -0.25) is 4.79 Å². The van der Waals surface area contributed by atoms with E-state index >= 15 is 0 Å². The quantitative estimate of drug-likeness (QED) is 0.778. The number of rotatable bonds is 5. The summed E-state index contributed by atoms with van der Waals surface area (Å²) in [6.45, 7) is 3.11. The monoisotopic (exact) mass is 236 g/mol. The first kappa shape index (κ1) is 13.5. The van der Waals surface area contributed by atoms with E-state index in [1.54, 1.807) is 18.9 Å². The predicted molar refractivity (Wildman–Crippen MR) is 69.6 cm³/mol. The summed E-state index contributed by atoms with van der Waals surface area (Å²) in [7, 11) is 5.61. The van der Waals surface area contributed by atoms with Crippen molar-refractivity contribution in [3.63, 3.8) is 0 Å². The fraction of sp³-hybridized carbons (Fsp3) is 0.462. The number of carbonyl (C=O) groups is 1. The van der Waals surface area contributed by atoms with Crippen LogP contribution in [-0.4, -0.2) is 45.1 Å². The molecule has 4 heteroatoms. The Morgan fingerprint density at radius 3 is 2.18 bits per heavy atom. The van der Waals surface area contributed by atoms with Crippen LogP contribution < -0.4 is 9.64 Å². The van der Waals surface area contributed by atoms with Crippen molar-refractivity contribution in [2.45, 2.75) is 6.92 Å². The second-order valence-corrected chi connectivity index (χ2v) is 4.17. The van der Waals surface area contributed by atoms with E-state index in [4.69, 9.17) is 4.74 Å². The lowest BCUT2D eigenvalue weighted by molar-refractivity contribution is -0.116. The lowest BCUT2D eigenvalue weighted by atomic mass is 10.2. The SMILES string of the molecule is COc1ccc(N(CCN(C)C)C(C)=O)cc1. The first-order valence-electron chi connectivity index (χ1n) is 5.61. The molecule has 0 atom stereocenters. The van der Waals surface area contributed by atoms with Gasteiger partial charge < -0.3 is 14.5 Å². The molecule has 0 radical (unpaired) electrons. The van der Waals surface area contributed by atoms with Crippen molar-refractivity contribution < 1.29 is 9.53 Å². The molecule has 0 aromatic heterocycles. The van der Waals surface area contributed by atoms with Crippen LogP contribution in [0.3, 0.4) is 0 Å². The third-order valence-corrected chi connectivity index (χ3v) is 2.54. The zero-order valence-corrected chi connectivity index (χ0v) is 10.9. The Morgan fingerprint density at radius 2 is 1.76 bits per heavy atom. The van der Waals surface area contributed by atoms with Crippen molar-refractivity contribution in [1.29, 1.82) is 0 Å². The molecule has 0 bridgehead atoms. The maximum atomic E-state index is 11.6. The number of anilines is 1. The van der Waals surface area contributed by atoms with Gasteiger partial charge in [0.15, 0.2) is 0 Å². The number of likely N-dealkylation sites (N-methyl/N-ethyl adjacent to an activating group) is 1. The molecule has 4 nitrogen and oxygen atoms in total. The fourth-order valence-corrected chi connectivity index (χ4v) is 1.53. The molecule has 1 aromatic rings. The van der Waals surface area contributed by atoms with Gasteiger partial charge in [0.05, 0.1) is 7.11 Å². The molecule has 0 spiro atoms. The molecule has 0 fully saturated rings. The summed E-state index contributed by atoms with van der Waals surface area (Å²) in [5.74, 6) is 0.849. The van der Waals surface area contributed by atoms with Gasteiger partial charge in [-0.25, -0.2) is 0 Å². The molecule has 0 aliphatic rings. The Kier molecular flexibility index (Phi) is 4.97. The lowest BCUT2D eigenvalue weighted by Gasteiger charge is -2.23. The molecule has 1 rings (SSSR count). The number of methoxy groups -OCH3 is 1. The molecule has 17 heavy (non-hydrogen) atoms. The van der Waals surface area contributed by atoms with Crippen molar-refractivity contribution in [3.8, 4) is 5.75 Å². The highest BCUT2D eigenvalue weighted by atomic mass is 16.5. The van der Waals surface area contributed by atoms with E-state index in [2.05, 4.69) is 4.90 Å². The van der Waals surface area contributed by atoms with Crippen LogP contribution in [0.1, 0.15) is 6.92 Å². The Bertz CT molecular complexity index is 360. The van der Waals surface area contributed by atoms with E-state index in [1.807, 2.05) is 38.4 Å². The number of carbonyl (C=O) groups excluding carboxylic acids is 1. The molecular formula is C13H20N2O2. The minimum Gasteiger partial charge on any atom is -0.497 e. The zero-order valence-electron chi connectivity index (χ0n) is 10.9. The second-order valence-electron chi connectivity index (χ2n) is 4.17. The molecule has 0 saturated carbocycles. The van der Waals surface area contributed by atoms with Crippen molar-refractivity contribution >= 4 is 11.6 Å².